The Morgan fingerprint density at radius 3 is 1.10 bits per heavy atom. The molecule has 0 N–H and O–H groups in total. The van der Waals surface area contributed by atoms with Crippen molar-refractivity contribution < 1.29 is 0 Å². The summed E-state index contributed by atoms with van der Waals surface area (Å²) in [4.78, 5) is 0. The Hall–Kier alpha value is 0. The van der Waals surface area contributed by atoms with Crippen LogP contribution in [-0.2, 0) is 0 Å². The molecule has 1 atom stereocenters. The van der Waals surface area contributed by atoms with E-state index in [0.717, 1.165) is 5.92 Å². The lowest BCUT2D eigenvalue weighted by Crippen LogP contribution is -2.10. The summed E-state index contributed by atoms with van der Waals surface area (Å²) >= 11 is 0. The molecule has 0 rings (SSSR count). The Kier molecular flexibility index (Phi) is 24.3. The monoisotopic (exact) mass is 407 g/mol. The lowest BCUT2D eigenvalue weighted by molar-refractivity contribution is 0.428. The van der Waals surface area contributed by atoms with Crippen LogP contribution in [0.2, 0.25) is 0 Å². The molecule has 0 aromatic carbocycles. The van der Waals surface area contributed by atoms with E-state index in [2.05, 4.69) is 27.7 Å². The van der Waals surface area contributed by atoms with Crippen LogP contribution in [0, 0.1) is 11.8 Å². The molecule has 175 valence electrons. The molecule has 0 bridgehead atoms. The van der Waals surface area contributed by atoms with Crippen molar-refractivity contribution in [1.29, 1.82) is 0 Å². The lowest BCUT2D eigenvalue weighted by Gasteiger charge is -2.24. The van der Waals surface area contributed by atoms with Crippen LogP contribution in [0.15, 0.2) is 0 Å². The maximum absolute atomic E-state index is 2.55. The van der Waals surface area contributed by atoms with E-state index < -0.39 is 0 Å². The second-order valence-corrected chi connectivity index (χ2v) is 9.86. The fourth-order valence-corrected chi connectivity index (χ4v) is 4.67. The summed E-state index contributed by atoms with van der Waals surface area (Å²) in [5.74, 6) is 2.81. The number of hydrogen-bond donors (Lipinski definition) is 0. The van der Waals surface area contributed by atoms with Gasteiger partial charge in [-0.15, -0.1) is 0 Å². The number of unbranched alkanes of at least 4 members (excludes halogenated alkanes) is 17. The van der Waals surface area contributed by atoms with E-state index in [-0.39, 0.29) is 0 Å². The molecule has 0 aromatic heterocycles. The SMILES string of the molecule is CCCCCCCCC[C](CCCCCCCCC)C(C)CCCCCCCC. The van der Waals surface area contributed by atoms with E-state index >= 15 is 0 Å². The van der Waals surface area contributed by atoms with Gasteiger partial charge in [-0.1, -0.05) is 163 Å². The first-order valence-electron chi connectivity index (χ1n) is 14.1. The summed E-state index contributed by atoms with van der Waals surface area (Å²) in [6.07, 6.45) is 33.2. The first-order valence-corrected chi connectivity index (χ1v) is 14.1. The predicted molar refractivity (Wildman–Crippen MR) is 136 cm³/mol. The van der Waals surface area contributed by atoms with Crippen molar-refractivity contribution in [2.24, 2.45) is 5.92 Å². The number of rotatable bonds is 24. The highest BCUT2D eigenvalue weighted by atomic mass is 14.2. The quantitative estimate of drug-likeness (QED) is 0.139. The average Bonchev–Trinajstić information content (AvgIpc) is 2.73. The van der Waals surface area contributed by atoms with Crippen molar-refractivity contribution >= 4 is 0 Å². The van der Waals surface area contributed by atoms with Crippen molar-refractivity contribution in [1.82, 2.24) is 0 Å². The summed E-state index contributed by atoms with van der Waals surface area (Å²) in [7, 11) is 0. The highest BCUT2D eigenvalue weighted by Gasteiger charge is 2.17. The van der Waals surface area contributed by atoms with Crippen molar-refractivity contribution in [2.45, 2.75) is 175 Å². The summed E-state index contributed by atoms with van der Waals surface area (Å²) in [6.45, 7) is 9.49. The van der Waals surface area contributed by atoms with Gasteiger partial charge in [0.2, 0.25) is 0 Å². The van der Waals surface area contributed by atoms with Crippen molar-refractivity contribution in [3.63, 3.8) is 0 Å². The first kappa shape index (κ1) is 29.0. The second-order valence-electron chi connectivity index (χ2n) is 9.86. The third-order valence-electron chi connectivity index (χ3n) is 6.89. The molecule has 0 heteroatoms. The van der Waals surface area contributed by atoms with Crippen molar-refractivity contribution in [2.75, 3.05) is 0 Å². The zero-order valence-corrected chi connectivity index (χ0v) is 21.3. The van der Waals surface area contributed by atoms with E-state index in [4.69, 9.17) is 0 Å². The van der Waals surface area contributed by atoms with Crippen LogP contribution < -0.4 is 0 Å². The molecule has 0 aromatic rings. The lowest BCUT2D eigenvalue weighted by atomic mass is 9.81. The van der Waals surface area contributed by atoms with Crippen LogP contribution in [0.25, 0.3) is 0 Å². The van der Waals surface area contributed by atoms with Gasteiger partial charge in [-0.3, -0.25) is 0 Å². The molecule has 0 amide bonds. The molecule has 0 aliphatic rings. The molecule has 0 heterocycles. The van der Waals surface area contributed by atoms with Crippen molar-refractivity contribution in [3.8, 4) is 0 Å². The maximum Gasteiger partial charge on any atom is -0.0213 e. The van der Waals surface area contributed by atoms with Gasteiger partial charge in [0.15, 0.2) is 0 Å². The second kappa shape index (κ2) is 24.3. The summed E-state index contributed by atoms with van der Waals surface area (Å²) in [5.41, 5.74) is 0. The minimum atomic E-state index is 0.876. The standard InChI is InChI=1S/C29H59/c1-5-8-11-14-17-20-23-26-29(27-24-21-18-15-12-9-6-2)28(4)25-22-19-16-13-10-7-3/h28H,5-27H2,1-4H3. The number of hydrogen-bond acceptors (Lipinski definition) is 0. The van der Waals surface area contributed by atoms with Crippen molar-refractivity contribution in [3.05, 3.63) is 5.92 Å². The zero-order chi connectivity index (χ0) is 21.4. The molecule has 0 aliphatic heterocycles. The average molecular weight is 408 g/mol. The Morgan fingerprint density at radius 1 is 0.414 bits per heavy atom. The Labute approximate surface area is 187 Å². The van der Waals surface area contributed by atoms with Gasteiger partial charge in [-0.05, 0) is 24.7 Å². The van der Waals surface area contributed by atoms with E-state index in [0.29, 0.717) is 0 Å². The summed E-state index contributed by atoms with van der Waals surface area (Å²) < 4.78 is 0. The van der Waals surface area contributed by atoms with Gasteiger partial charge in [0.25, 0.3) is 0 Å². The highest BCUT2D eigenvalue weighted by molar-refractivity contribution is 4.94. The first-order chi connectivity index (χ1) is 14.3. The van der Waals surface area contributed by atoms with E-state index in [9.17, 15) is 0 Å². The van der Waals surface area contributed by atoms with Gasteiger partial charge in [0.05, 0.1) is 0 Å². The van der Waals surface area contributed by atoms with E-state index in [1.165, 1.54) is 148 Å². The van der Waals surface area contributed by atoms with Crippen LogP contribution >= 0.6 is 0 Å². The van der Waals surface area contributed by atoms with Gasteiger partial charge < -0.3 is 0 Å². The van der Waals surface area contributed by atoms with E-state index in [1.54, 1.807) is 0 Å². The fraction of sp³-hybridized carbons (Fsp3) is 0.966. The molecular formula is C29H59. The molecule has 0 spiro atoms. The summed E-state index contributed by atoms with van der Waals surface area (Å²) in [6, 6.07) is 0. The molecular weight excluding hydrogens is 348 g/mol. The third kappa shape index (κ3) is 21.0. The minimum Gasteiger partial charge on any atom is -0.0654 e. The Balaban J connectivity index is 4.01. The van der Waals surface area contributed by atoms with Gasteiger partial charge in [0, 0.05) is 0 Å². The topological polar surface area (TPSA) is 0 Å². The van der Waals surface area contributed by atoms with Crippen LogP contribution in [0.1, 0.15) is 175 Å². The Bertz CT molecular complexity index is 264. The highest BCUT2D eigenvalue weighted by Crippen LogP contribution is 2.31. The largest absolute Gasteiger partial charge is 0.0654 e. The van der Waals surface area contributed by atoms with Crippen LogP contribution in [0.5, 0.6) is 0 Å². The molecule has 0 saturated heterocycles. The third-order valence-corrected chi connectivity index (χ3v) is 6.89. The van der Waals surface area contributed by atoms with Crippen LogP contribution in [-0.4, -0.2) is 0 Å². The van der Waals surface area contributed by atoms with E-state index in [1.807, 2.05) is 5.92 Å². The maximum atomic E-state index is 2.55. The normalized spacial score (nSPS) is 12.7. The van der Waals surface area contributed by atoms with Gasteiger partial charge in [-0.2, -0.15) is 0 Å². The molecule has 0 nitrogen and oxygen atoms in total. The molecule has 29 heavy (non-hydrogen) atoms. The fourth-order valence-electron chi connectivity index (χ4n) is 4.67. The Morgan fingerprint density at radius 2 is 0.724 bits per heavy atom. The summed E-state index contributed by atoms with van der Waals surface area (Å²) in [5, 5.41) is 0. The predicted octanol–water partition coefficient (Wildman–Crippen LogP) is 11.2. The molecule has 1 radical (unpaired) electrons. The molecule has 0 fully saturated rings. The van der Waals surface area contributed by atoms with Gasteiger partial charge in [0.1, 0.15) is 0 Å². The van der Waals surface area contributed by atoms with Crippen LogP contribution in [0.4, 0.5) is 0 Å². The molecule has 1 unspecified atom stereocenters. The molecule has 0 saturated carbocycles. The molecule has 0 aliphatic carbocycles. The van der Waals surface area contributed by atoms with Gasteiger partial charge >= 0.3 is 0 Å². The minimum absolute atomic E-state index is 0.876. The zero-order valence-electron chi connectivity index (χ0n) is 21.3. The van der Waals surface area contributed by atoms with Gasteiger partial charge in [-0.25, -0.2) is 0 Å². The van der Waals surface area contributed by atoms with Crippen LogP contribution in [0.3, 0.4) is 0 Å². The smallest absolute Gasteiger partial charge is 0.0213 e.